The van der Waals surface area contributed by atoms with Gasteiger partial charge in [-0.1, -0.05) is 57.5 Å². The summed E-state index contributed by atoms with van der Waals surface area (Å²) in [7, 11) is 0. The molecule has 0 saturated heterocycles. The monoisotopic (exact) mass is 476 g/mol. The van der Waals surface area contributed by atoms with Gasteiger partial charge in [0.1, 0.15) is 0 Å². The van der Waals surface area contributed by atoms with E-state index in [0.29, 0.717) is 45.2 Å². The van der Waals surface area contributed by atoms with Crippen LogP contribution in [0.1, 0.15) is 17.3 Å². The molecule has 0 amide bonds. The lowest BCUT2D eigenvalue weighted by Gasteiger charge is -2.13. The fourth-order valence-electron chi connectivity index (χ4n) is 2.74. The molecular weight excluding hydrogens is 464 g/mol. The summed E-state index contributed by atoms with van der Waals surface area (Å²) in [6.45, 7) is 2.06. The van der Waals surface area contributed by atoms with E-state index in [4.69, 9.17) is 21.0 Å². The zero-order valence-corrected chi connectivity index (χ0v) is 17.9. The zero-order chi connectivity index (χ0) is 19.7. The number of fused-ring (bicyclic) bond motifs is 1. The van der Waals surface area contributed by atoms with E-state index in [1.807, 2.05) is 30.3 Å². The SMILES string of the molecule is Cc1nnc(CSc2nc3ccc(Br)cc3c(=O)n2Cc2ccccc2Cl)o1. The topological polar surface area (TPSA) is 73.8 Å². The van der Waals surface area contributed by atoms with E-state index in [1.54, 1.807) is 23.6 Å². The van der Waals surface area contributed by atoms with Gasteiger partial charge in [-0.3, -0.25) is 9.36 Å². The van der Waals surface area contributed by atoms with E-state index < -0.39 is 0 Å². The van der Waals surface area contributed by atoms with Crippen LogP contribution in [0, 0.1) is 6.92 Å². The number of aryl methyl sites for hydroxylation is 1. The Morgan fingerprint density at radius 2 is 2.04 bits per heavy atom. The number of halogens is 2. The fourth-order valence-corrected chi connectivity index (χ4v) is 4.13. The number of rotatable bonds is 5. The highest BCUT2D eigenvalue weighted by atomic mass is 79.9. The highest BCUT2D eigenvalue weighted by Crippen LogP contribution is 2.25. The zero-order valence-electron chi connectivity index (χ0n) is 14.7. The number of benzene rings is 2. The molecule has 0 bridgehead atoms. The van der Waals surface area contributed by atoms with Gasteiger partial charge in [0.05, 0.1) is 23.2 Å². The Morgan fingerprint density at radius 1 is 1.21 bits per heavy atom. The van der Waals surface area contributed by atoms with Crippen molar-refractivity contribution in [1.29, 1.82) is 0 Å². The molecule has 28 heavy (non-hydrogen) atoms. The Labute approximate surface area is 178 Å². The van der Waals surface area contributed by atoms with Gasteiger partial charge in [-0.25, -0.2) is 4.98 Å². The molecule has 2 aromatic heterocycles. The van der Waals surface area contributed by atoms with Gasteiger partial charge < -0.3 is 4.42 Å². The Bertz CT molecular complexity index is 1220. The van der Waals surface area contributed by atoms with Crippen LogP contribution in [0.2, 0.25) is 5.02 Å². The smallest absolute Gasteiger partial charge is 0.262 e. The van der Waals surface area contributed by atoms with Crippen molar-refractivity contribution in [2.75, 3.05) is 0 Å². The highest BCUT2D eigenvalue weighted by molar-refractivity contribution is 9.10. The summed E-state index contributed by atoms with van der Waals surface area (Å²) in [5.74, 6) is 1.40. The van der Waals surface area contributed by atoms with Crippen molar-refractivity contribution in [3.8, 4) is 0 Å². The van der Waals surface area contributed by atoms with E-state index in [0.717, 1.165) is 10.0 Å². The molecule has 0 saturated carbocycles. The number of hydrogen-bond donors (Lipinski definition) is 0. The quantitative estimate of drug-likeness (QED) is 0.302. The summed E-state index contributed by atoms with van der Waals surface area (Å²) in [4.78, 5) is 17.9. The number of thioether (sulfide) groups is 1. The van der Waals surface area contributed by atoms with Gasteiger partial charge in [0, 0.05) is 16.4 Å². The van der Waals surface area contributed by atoms with Crippen molar-refractivity contribution in [3.63, 3.8) is 0 Å². The van der Waals surface area contributed by atoms with Gasteiger partial charge in [-0.2, -0.15) is 0 Å². The van der Waals surface area contributed by atoms with Crippen molar-refractivity contribution in [1.82, 2.24) is 19.7 Å². The molecule has 9 heteroatoms. The number of aromatic nitrogens is 4. The Balaban J connectivity index is 1.80. The van der Waals surface area contributed by atoms with Gasteiger partial charge >= 0.3 is 0 Å². The summed E-state index contributed by atoms with van der Waals surface area (Å²) < 4.78 is 7.88. The van der Waals surface area contributed by atoms with Gasteiger partial charge in [0.2, 0.25) is 11.8 Å². The van der Waals surface area contributed by atoms with Crippen LogP contribution in [0.3, 0.4) is 0 Å². The van der Waals surface area contributed by atoms with Crippen LogP contribution < -0.4 is 5.56 Å². The average molecular weight is 478 g/mol. The largest absolute Gasteiger partial charge is 0.425 e. The maximum Gasteiger partial charge on any atom is 0.262 e. The lowest BCUT2D eigenvalue weighted by atomic mass is 10.2. The molecule has 0 radical (unpaired) electrons. The molecule has 0 spiro atoms. The summed E-state index contributed by atoms with van der Waals surface area (Å²) >= 11 is 11.1. The summed E-state index contributed by atoms with van der Waals surface area (Å²) in [5.41, 5.74) is 1.35. The molecule has 0 aliphatic heterocycles. The molecule has 2 heterocycles. The van der Waals surface area contributed by atoms with Crippen LogP contribution in [0.15, 0.2) is 61.3 Å². The van der Waals surface area contributed by atoms with Crippen LogP contribution in [0.25, 0.3) is 10.9 Å². The number of hydrogen-bond acceptors (Lipinski definition) is 6. The second-order valence-corrected chi connectivity index (χ2v) is 8.31. The maximum atomic E-state index is 13.2. The third kappa shape index (κ3) is 3.99. The van der Waals surface area contributed by atoms with Crippen molar-refractivity contribution in [3.05, 3.63) is 79.7 Å². The van der Waals surface area contributed by atoms with Crippen molar-refractivity contribution in [2.45, 2.75) is 24.4 Å². The first-order chi connectivity index (χ1) is 13.5. The van der Waals surface area contributed by atoms with E-state index in [9.17, 15) is 4.79 Å². The summed E-state index contributed by atoms with van der Waals surface area (Å²) in [6.07, 6.45) is 0. The molecule has 142 valence electrons. The normalized spacial score (nSPS) is 11.2. The van der Waals surface area contributed by atoms with Crippen LogP contribution in [-0.2, 0) is 12.3 Å². The van der Waals surface area contributed by atoms with Crippen molar-refractivity contribution in [2.24, 2.45) is 0 Å². The minimum Gasteiger partial charge on any atom is -0.425 e. The molecule has 2 aromatic carbocycles. The fraction of sp³-hybridized carbons (Fsp3) is 0.158. The van der Waals surface area contributed by atoms with Crippen LogP contribution in [0.4, 0.5) is 0 Å². The maximum absolute atomic E-state index is 13.2. The van der Waals surface area contributed by atoms with Gasteiger partial charge in [-0.05, 0) is 29.8 Å². The lowest BCUT2D eigenvalue weighted by molar-refractivity contribution is 0.485. The minimum absolute atomic E-state index is 0.129. The van der Waals surface area contributed by atoms with Crippen LogP contribution in [0.5, 0.6) is 0 Å². The average Bonchev–Trinajstić information content (AvgIpc) is 3.10. The van der Waals surface area contributed by atoms with E-state index in [2.05, 4.69) is 26.1 Å². The molecule has 0 unspecified atom stereocenters. The van der Waals surface area contributed by atoms with Crippen molar-refractivity contribution < 1.29 is 4.42 Å². The first-order valence-electron chi connectivity index (χ1n) is 8.36. The predicted molar refractivity (Wildman–Crippen MR) is 113 cm³/mol. The Morgan fingerprint density at radius 3 is 2.79 bits per heavy atom. The van der Waals surface area contributed by atoms with E-state index in [1.165, 1.54) is 11.8 Å². The Kier molecular flexibility index (Phi) is 5.52. The molecule has 6 nitrogen and oxygen atoms in total. The molecule has 0 fully saturated rings. The molecule has 0 N–H and O–H groups in total. The van der Waals surface area contributed by atoms with E-state index >= 15 is 0 Å². The third-order valence-electron chi connectivity index (χ3n) is 4.06. The molecule has 0 aliphatic carbocycles. The highest BCUT2D eigenvalue weighted by Gasteiger charge is 2.15. The lowest BCUT2D eigenvalue weighted by Crippen LogP contribution is -2.24. The summed E-state index contributed by atoms with van der Waals surface area (Å²) in [5, 5.41) is 9.55. The van der Waals surface area contributed by atoms with Gasteiger partial charge in [0.25, 0.3) is 5.56 Å². The molecule has 4 aromatic rings. The van der Waals surface area contributed by atoms with Crippen LogP contribution in [-0.4, -0.2) is 19.7 Å². The molecular formula is C19H14BrClN4O2S. The molecule has 4 rings (SSSR count). The van der Waals surface area contributed by atoms with Crippen LogP contribution >= 0.6 is 39.3 Å². The first kappa shape index (κ1) is 19.2. The second kappa shape index (κ2) is 8.06. The van der Waals surface area contributed by atoms with Gasteiger partial charge in [-0.15, -0.1) is 10.2 Å². The predicted octanol–water partition coefficient (Wildman–Crippen LogP) is 4.84. The first-order valence-corrected chi connectivity index (χ1v) is 10.5. The van der Waals surface area contributed by atoms with Crippen molar-refractivity contribution >= 4 is 50.2 Å². The second-order valence-electron chi connectivity index (χ2n) is 6.04. The van der Waals surface area contributed by atoms with E-state index in [-0.39, 0.29) is 5.56 Å². The molecule has 0 atom stereocenters. The number of nitrogens with zero attached hydrogens (tertiary/aromatic N) is 4. The summed E-state index contributed by atoms with van der Waals surface area (Å²) in [6, 6.07) is 12.9. The molecule has 0 aliphatic rings. The Hall–Kier alpha value is -2.16. The standard InChI is InChI=1S/C19H14BrClN4O2S/c1-11-23-24-17(27-11)10-28-19-22-16-7-6-13(20)8-14(16)18(26)25(19)9-12-4-2-3-5-15(12)21/h2-8H,9-10H2,1H3. The van der Waals surface area contributed by atoms with Gasteiger partial charge in [0.15, 0.2) is 5.16 Å². The minimum atomic E-state index is -0.129. The third-order valence-corrected chi connectivity index (χ3v) is 5.88.